The van der Waals surface area contributed by atoms with E-state index in [0.717, 1.165) is 22.2 Å². The fourth-order valence-corrected chi connectivity index (χ4v) is 5.02. The van der Waals surface area contributed by atoms with E-state index in [9.17, 15) is 0 Å². The van der Waals surface area contributed by atoms with Crippen molar-refractivity contribution in [2.75, 3.05) is 0 Å². The number of benzene rings is 4. The zero-order chi connectivity index (χ0) is 22.7. The minimum Gasteiger partial charge on any atom is -0.449 e. The third kappa shape index (κ3) is 3.14. The molecule has 0 atom stereocenters. The second-order valence-corrected chi connectivity index (χ2v) is 9.18. The van der Waals surface area contributed by atoms with E-state index < -0.39 is 0 Å². The molecule has 33 heavy (non-hydrogen) atoms. The molecule has 4 aromatic carbocycles. The first-order chi connectivity index (χ1) is 16.0. The number of pyridine rings is 1. The maximum absolute atomic E-state index is 6.52. The van der Waals surface area contributed by atoms with Crippen LogP contribution in [-0.4, -0.2) is 0 Å². The van der Waals surface area contributed by atoms with E-state index in [2.05, 4.69) is 117 Å². The van der Waals surface area contributed by atoms with Crippen LogP contribution in [-0.2, 0) is 7.05 Å². The molecule has 0 aliphatic carbocycles. The van der Waals surface area contributed by atoms with Gasteiger partial charge in [0.25, 0.3) is 5.69 Å². The molecule has 0 aliphatic heterocycles. The van der Waals surface area contributed by atoms with E-state index in [1.165, 1.54) is 49.5 Å². The fraction of sp³-hybridized carbons (Fsp3) is 0.129. The Labute approximate surface area is 193 Å². The zero-order valence-corrected chi connectivity index (χ0v) is 19.4. The molecule has 0 saturated carbocycles. The molecule has 0 bridgehead atoms. The molecule has 0 spiro atoms. The van der Waals surface area contributed by atoms with Crippen LogP contribution in [0, 0.1) is 20.8 Å². The van der Waals surface area contributed by atoms with Gasteiger partial charge in [0.05, 0.1) is 5.56 Å². The first kappa shape index (κ1) is 19.8. The van der Waals surface area contributed by atoms with Crippen LogP contribution in [0.4, 0.5) is 0 Å². The van der Waals surface area contributed by atoms with Gasteiger partial charge in [-0.3, -0.25) is 0 Å². The lowest BCUT2D eigenvalue weighted by molar-refractivity contribution is -0.659. The van der Waals surface area contributed by atoms with Crippen LogP contribution < -0.4 is 4.57 Å². The topological polar surface area (TPSA) is 17.0 Å². The fourth-order valence-electron chi connectivity index (χ4n) is 5.02. The van der Waals surface area contributed by atoms with Crippen LogP contribution in [0.3, 0.4) is 0 Å². The standard InChI is InChI=1S/C31H26NO/c1-19-5-8-22(9-6-19)23-10-13-26-24(18-23)11-14-28-29(26)27-15-16-32(4)30(31(27)33-28)25-12-7-20(2)17-21(25)3/h5-18H,1-4H3/q+1. The van der Waals surface area contributed by atoms with E-state index in [1.807, 2.05) is 0 Å². The second-order valence-electron chi connectivity index (χ2n) is 9.18. The lowest BCUT2D eigenvalue weighted by Gasteiger charge is -2.06. The lowest BCUT2D eigenvalue weighted by Crippen LogP contribution is -2.30. The van der Waals surface area contributed by atoms with Crippen LogP contribution in [0.2, 0.25) is 0 Å². The molecule has 0 amide bonds. The van der Waals surface area contributed by atoms with Gasteiger partial charge in [0.2, 0.25) is 5.58 Å². The molecule has 6 rings (SSSR count). The van der Waals surface area contributed by atoms with Gasteiger partial charge in [0.1, 0.15) is 12.6 Å². The predicted octanol–water partition coefficient (Wildman–Crippen LogP) is 7.82. The van der Waals surface area contributed by atoms with Crippen molar-refractivity contribution >= 4 is 32.7 Å². The van der Waals surface area contributed by atoms with E-state index in [-0.39, 0.29) is 0 Å². The highest BCUT2D eigenvalue weighted by molar-refractivity contribution is 6.20. The molecular formula is C31H26NO+. The van der Waals surface area contributed by atoms with Gasteiger partial charge in [-0.2, -0.15) is 4.57 Å². The Morgan fingerprint density at radius 3 is 2.21 bits per heavy atom. The average molecular weight is 429 g/mol. The molecule has 0 radical (unpaired) electrons. The predicted molar refractivity (Wildman–Crippen MR) is 137 cm³/mol. The van der Waals surface area contributed by atoms with Crippen LogP contribution in [0.15, 0.2) is 89.5 Å². The third-order valence-electron chi connectivity index (χ3n) is 6.76. The zero-order valence-electron chi connectivity index (χ0n) is 19.4. The summed E-state index contributed by atoms with van der Waals surface area (Å²) in [7, 11) is 2.09. The highest BCUT2D eigenvalue weighted by Gasteiger charge is 2.23. The van der Waals surface area contributed by atoms with Crippen molar-refractivity contribution in [1.29, 1.82) is 0 Å². The van der Waals surface area contributed by atoms with E-state index in [1.54, 1.807) is 0 Å². The van der Waals surface area contributed by atoms with Gasteiger partial charge in [-0.15, -0.1) is 0 Å². The van der Waals surface area contributed by atoms with Crippen molar-refractivity contribution in [2.45, 2.75) is 20.8 Å². The Kier molecular flexibility index (Phi) is 4.38. The van der Waals surface area contributed by atoms with E-state index >= 15 is 0 Å². The van der Waals surface area contributed by atoms with Gasteiger partial charge in [0.15, 0.2) is 6.20 Å². The Hall–Kier alpha value is -3.91. The van der Waals surface area contributed by atoms with Gasteiger partial charge in [-0.1, -0.05) is 65.7 Å². The summed E-state index contributed by atoms with van der Waals surface area (Å²) in [5, 5.41) is 4.79. The summed E-state index contributed by atoms with van der Waals surface area (Å²) in [5.41, 5.74) is 10.5. The molecule has 2 aromatic heterocycles. The van der Waals surface area contributed by atoms with Crippen molar-refractivity contribution in [3.05, 3.63) is 102 Å². The Bertz CT molecular complexity index is 1690. The van der Waals surface area contributed by atoms with Crippen molar-refractivity contribution in [1.82, 2.24) is 0 Å². The molecule has 2 heteroatoms. The summed E-state index contributed by atoms with van der Waals surface area (Å²) >= 11 is 0. The summed E-state index contributed by atoms with van der Waals surface area (Å²) in [6.07, 6.45) is 2.14. The third-order valence-corrected chi connectivity index (χ3v) is 6.76. The van der Waals surface area contributed by atoms with Gasteiger partial charge in [0, 0.05) is 16.8 Å². The first-order valence-electron chi connectivity index (χ1n) is 11.4. The SMILES string of the molecule is Cc1ccc(-c2ccc3c(ccc4oc5c(-c6ccc(C)cc6C)[n+](C)ccc5c43)c2)cc1. The maximum Gasteiger partial charge on any atom is 0.256 e. The van der Waals surface area contributed by atoms with E-state index in [4.69, 9.17) is 4.42 Å². The smallest absolute Gasteiger partial charge is 0.256 e. The highest BCUT2D eigenvalue weighted by atomic mass is 16.3. The van der Waals surface area contributed by atoms with Gasteiger partial charge in [-0.05, 0) is 66.4 Å². The number of hydrogen-bond donors (Lipinski definition) is 0. The van der Waals surface area contributed by atoms with Crippen molar-refractivity contribution < 1.29 is 8.98 Å². The highest BCUT2D eigenvalue weighted by Crippen LogP contribution is 2.39. The van der Waals surface area contributed by atoms with Gasteiger partial charge in [-0.25, -0.2) is 0 Å². The largest absolute Gasteiger partial charge is 0.449 e. The molecule has 0 unspecified atom stereocenters. The Morgan fingerprint density at radius 1 is 0.667 bits per heavy atom. The first-order valence-corrected chi connectivity index (χ1v) is 11.4. The molecular weight excluding hydrogens is 402 g/mol. The molecule has 2 nitrogen and oxygen atoms in total. The van der Waals surface area contributed by atoms with Gasteiger partial charge >= 0.3 is 0 Å². The molecule has 0 saturated heterocycles. The Balaban J connectivity index is 1.62. The number of rotatable bonds is 2. The molecule has 0 aliphatic rings. The summed E-state index contributed by atoms with van der Waals surface area (Å²) in [5.74, 6) is 0. The number of furan rings is 1. The number of fused-ring (bicyclic) bond motifs is 5. The minimum absolute atomic E-state index is 0.929. The van der Waals surface area contributed by atoms with Gasteiger partial charge < -0.3 is 4.42 Å². The average Bonchev–Trinajstić information content (AvgIpc) is 3.19. The Morgan fingerprint density at radius 2 is 1.42 bits per heavy atom. The van der Waals surface area contributed by atoms with E-state index in [0.29, 0.717) is 0 Å². The number of aryl methyl sites for hydroxylation is 4. The molecule has 0 N–H and O–H groups in total. The summed E-state index contributed by atoms with van der Waals surface area (Å²) in [6, 6.07) is 28.6. The second kappa shape index (κ2) is 7.31. The minimum atomic E-state index is 0.929. The van der Waals surface area contributed by atoms with Crippen molar-refractivity contribution in [3.8, 4) is 22.4 Å². The lowest BCUT2D eigenvalue weighted by atomic mass is 9.97. The number of aromatic nitrogens is 1. The summed E-state index contributed by atoms with van der Waals surface area (Å²) in [6.45, 7) is 6.43. The maximum atomic E-state index is 6.52. The normalized spacial score (nSPS) is 11.6. The van der Waals surface area contributed by atoms with Crippen LogP contribution >= 0.6 is 0 Å². The van der Waals surface area contributed by atoms with Crippen LogP contribution in [0.5, 0.6) is 0 Å². The molecule has 0 fully saturated rings. The quantitative estimate of drug-likeness (QED) is 0.257. The molecule has 160 valence electrons. The monoisotopic (exact) mass is 428 g/mol. The number of nitrogens with zero attached hydrogens (tertiary/aromatic N) is 1. The molecule has 6 aromatic rings. The summed E-state index contributed by atoms with van der Waals surface area (Å²) in [4.78, 5) is 0. The van der Waals surface area contributed by atoms with Crippen LogP contribution in [0.1, 0.15) is 16.7 Å². The van der Waals surface area contributed by atoms with Crippen molar-refractivity contribution in [3.63, 3.8) is 0 Å². The van der Waals surface area contributed by atoms with Crippen LogP contribution in [0.25, 0.3) is 55.1 Å². The number of hydrogen-bond acceptors (Lipinski definition) is 1. The van der Waals surface area contributed by atoms with Crippen molar-refractivity contribution in [2.24, 2.45) is 7.05 Å². The summed E-state index contributed by atoms with van der Waals surface area (Å²) < 4.78 is 8.69. The molecule has 2 heterocycles.